The number of nitrogens with one attached hydrogen (secondary N) is 2. The summed E-state index contributed by atoms with van der Waals surface area (Å²) in [5.74, 6) is 0.354. The van der Waals surface area contributed by atoms with E-state index in [2.05, 4.69) is 38.2 Å². The highest BCUT2D eigenvalue weighted by Gasteiger charge is 2.12. The van der Waals surface area contributed by atoms with Gasteiger partial charge in [0.1, 0.15) is 0 Å². The van der Waals surface area contributed by atoms with Gasteiger partial charge in [-0.3, -0.25) is 10.00 Å². The first-order chi connectivity index (χ1) is 10.2. The van der Waals surface area contributed by atoms with Crippen LogP contribution in [-0.2, 0) is 13.1 Å². The maximum absolute atomic E-state index is 11.9. The summed E-state index contributed by atoms with van der Waals surface area (Å²) in [5, 5.41) is 20.8. The van der Waals surface area contributed by atoms with Crippen molar-refractivity contribution in [3.05, 3.63) is 18.5 Å². The lowest BCUT2D eigenvalue weighted by Gasteiger charge is -2.14. The SMILES string of the molecule is CCCCn1nnnc1NC(=O)N[C@@H](C)Cn1cccn1. The summed E-state index contributed by atoms with van der Waals surface area (Å²) in [6.07, 6.45) is 5.54. The van der Waals surface area contributed by atoms with Crippen LogP contribution in [-0.4, -0.2) is 42.1 Å². The quantitative estimate of drug-likeness (QED) is 0.788. The van der Waals surface area contributed by atoms with E-state index in [1.165, 1.54) is 0 Å². The summed E-state index contributed by atoms with van der Waals surface area (Å²) < 4.78 is 3.34. The number of aryl methyl sites for hydroxylation is 1. The highest BCUT2D eigenvalue weighted by molar-refractivity contribution is 5.87. The smallest absolute Gasteiger partial charge is 0.321 e. The Labute approximate surface area is 122 Å². The van der Waals surface area contributed by atoms with Crippen molar-refractivity contribution in [1.82, 2.24) is 35.3 Å². The Kier molecular flexibility index (Phi) is 5.24. The molecule has 0 saturated heterocycles. The van der Waals surface area contributed by atoms with Gasteiger partial charge in [0.15, 0.2) is 0 Å². The Balaban J connectivity index is 1.82. The zero-order valence-corrected chi connectivity index (χ0v) is 12.2. The van der Waals surface area contributed by atoms with Gasteiger partial charge < -0.3 is 5.32 Å². The number of anilines is 1. The molecule has 2 rings (SSSR count). The van der Waals surface area contributed by atoms with Gasteiger partial charge in [0.25, 0.3) is 5.95 Å². The van der Waals surface area contributed by atoms with Crippen molar-refractivity contribution in [2.45, 2.75) is 45.8 Å². The number of hydrogen-bond donors (Lipinski definition) is 2. The maximum Gasteiger partial charge on any atom is 0.321 e. The largest absolute Gasteiger partial charge is 0.333 e. The van der Waals surface area contributed by atoms with Crippen LogP contribution in [0.2, 0.25) is 0 Å². The molecule has 0 saturated carbocycles. The summed E-state index contributed by atoms with van der Waals surface area (Å²) in [7, 11) is 0. The van der Waals surface area contributed by atoms with E-state index in [9.17, 15) is 4.79 Å². The predicted molar refractivity (Wildman–Crippen MR) is 76.6 cm³/mol. The number of unbranched alkanes of at least 4 members (excludes halogenated alkanes) is 1. The van der Waals surface area contributed by atoms with Crippen molar-refractivity contribution in [3.63, 3.8) is 0 Å². The van der Waals surface area contributed by atoms with Crippen LogP contribution in [0.15, 0.2) is 18.5 Å². The molecule has 0 bridgehead atoms. The molecule has 0 fully saturated rings. The van der Waals surface area contributed by atoms with E-state index in [-0.39, 0.29) is 12.1 Å². The Morgan fingerprint density at radius 2 is 2.33 bits per heavy atom. The van der Waals surface area contributed by atoms with Crippen molar-refractivity contribution >= 4 is 12.0 Å². The summed E-state index contributed by atoms with van der Waals surface area (Å²) in [6, 6.07) is 1.45. The average Bonchev–Trinajstić information content (AvgIpc) is 3.08. The van der Waals surface area contributed by atoms with E-state index < -0.39 is 0 Å². The lowest BCUT2D eigenvalue weighted by molar-refractivity contribution is 0.247. The van der Waals surface area contributed by atoms with Gasteiger partial charge in [-0.05, 0) is 29.8 Å². The molecule has 114 valence electrons. The highest BCUT2D eigenvalue weighted by atomic mass is 16.2. The zero-order chi connectivity index (χ0) is 15.1. The number of carbonyl (C=O) groups is 1. The monoisotopic (exact) mass is 292 g/mol. The number of aromatic nitrogens is 6. The molecule has 2 amide bonds. The fraction of sp³-hybridized carbons (Fsp3) is 0.583. The number of nitrogens with zero attached hydrogens (tertiary/aromatic N) is 6. The molecule has 0 aromatic carbocycles. The molecular formula is C12H20N8O. The third kappa shape index (κ3) is 4.55. The van der Waals surface area contributed by atoms with Crippen molar-refractivity contribution < 1.29 is 4.79 Å². The first-order valence-electron chi connectivity index (χ1n) is 7.00. The highest BCUT2D eigenvalue weighted by Crippen LogP contribution is 2.02. The molecule has 2 aromatic heterocycles. The zero-order valence-electron chi connectivity index (χ0n) is 12.2. The molecule has 9 heteroatoms. The van der Waals surface area contributed by atoms with E-state index in [1.54, 1.807) is 15.6 Å². The van der Waals surface area contributed by atoms with Gasteiger partial charge in [0, 0.05) is 25.0 Å². The van der Waals surface area contributed by atoms with Crippen molar-refractivity contribution in [2.24, 2.45) is 0 Å². The van der Waals surface area contributed by atoms with Gasteiger partial charge in [-0.2, -0.15) is 5.10 Å². The van der Waals surface area contributed by atoms with E-state index in [4.69, 9.17) is 0 Å². The topological polar surface area (TPSA) is 103 Å². The van der Waals surface area contributed by atoms with Crippen LogP contribution in [0.4, 0.5) is 10.7 Å². The minimum Gasteiger partial charge on any atom is -0.333 e. The van der Waals surface area contributed by atoms with E-state index in [0.717, 1.165) is 12.8 Å². The second-order valence-corrected chi connectivity index (χ2v) is 4.81. The molecule has 2 aromatic rings. The first kappa shape index (κ1) is 14.9. The van der Waals surface area contributed by atoms with Crippen LogP contribution >= 0.6 is 0 Å². The van der Waals surface area contributed by atoms with Crippen molar-refractivity contribution in [3.8, 4) is 0 Å². The maximum atomic E-state index is 11.9. The Morgan fingerprint density at radius 3 is 3.05 bits per heavy atom. The molecule has 0 radical (unpaired) electrons. The molecule has 2 N–H and O–H groups in total. The molecule has 0 aliphatic carbocycles. The van der Waals surface area contributed by atoms with Crippen LogP contribution in [0.3, 0.4) is 0 Å². The number of hydrogen-bond acceptors (Lipinski definition) is 5. The van der Waals surface area contributed by atoms with Crippen LogP contribution in [0, 0.1) is 0 Å². The standard InChI is InChI=1S/C12H20N8O/c1-3-4-8-20-11(16-17-18-20)15-12(21)14-10(2)9-19-7-5-6-13-19/h5-7,10H,3-4,8-9H2,1-2H3,(H2,14,15,16,18,21)/t10-/m0/s1. The Bertz CT molecular complexity index is 549. The number of tetrazole rings is 1. The number of carbonyl (C=O) groups excluding carboxylic acids is 1. The third-order valence-electron chi connectivity index (χ3n) is 2.88. The van der Waals surface area contributed by atoms with Crippen LogP contribution in [0.5, 0.6) is 0 Å². The van der Waals surface area contributed by atoms with E-state index in [1.807, 2.05) is 19.2 Å². The fourth-order valence-electron chi connectivity index (χ4n) is 1.85. The number of rotatable bonds is 7. The molecule has 0 spiro atoms. The van der Waals surface area contributed by atoms with Gasteiger partial charge in [0.2, 0.25) is 0 Å². The van der Waals surface area contributed by atoms with Crippen LogP contribution in [0.25, 0.3) is 0 Å². The second kappa shape index (κ2) is 7.36. The molecule has 0 aliphatic heterocycles. The van der Waals surface area contributed by atoms with Gasteiger partial charge in [-0.15, -0.1) is 0 Å². The molecule has 0 aliphatic rings. The van der Waals surface area contributed by atoms with Crippen LogP contribution in [0.1, 0.15) is 26.7 Å². The second-order valence-electron chi connectivity index (χ2n) is 4.81. The number of urea groups is 1. The van der Waals surface area contributed by atoms with Gasteiger partial charge in [-0.25, -0.2) is 9.48 Å². The van der Waals surface area contributed by atoms with E-state index in [0.29, 0.717) is 19.0 Å². The molecule has 2 heterocycles. The van der Waals surface area contributed by atoms with Gasteiger partial charge in [0.05, 0.1) is 6.54 Å². The Morgan fingerprint density at radius 1 is 1.48 bits per heavy atom. The normalized spacial score (nSPS) is 12.1. The van der Waals surface area contributed by atoms with Crippen LogP contribution < -0.4 is 10.6 Å². The Hall–Kier alpha value is -2.45. The molecule has 9 nitrogen and oxygen atoms in total. The summed E-state index contributed by atoms with van der Waals surface area (Å²) in [5.41, 5.74) is 0. The van der Waals surface area contributed by atoms with Crippen molar-refractivity contribution in [1.29, 1.82) is 0 Å². The molecule has 0 unspecified atom stereocenters. The summed E-state index contributed by atoms with van der Waals surface area (Å²) in [4.78, 5) is 11.9. The average molecular weight is 292 g/mol. The molecular weight excluding hydrogens is 272 g/mol. The minimum atomic E-state index is -0.331. The molecule has 21 heavy (non-hydrogen) atoms. The fourth-order valence-corrected chi connectivity index (χ4v) is 1.85. The van der Waals surface area contributed by atoms with Gasteiger partial charge in [-0.1, -0.05) is 18.4 Å². The first-order valence-corrected chi connectivity index (χ1v) is 7.00. The van der Waals surface area contributed by atoms with Crippen molar-refractivity contribution in [2.75, 3.05) is 5.32 Å². The summed E-state index contributed by atoms with van der Waals surface area (Å²) in [6.45, 7) is 5.27. The summed E-state index contributed by atoms with van der Waals surface area (Å²) >= 11 is 0. The lowest BCUT2D eigenvalue weighted by atomic mass is 10.3. The molecule has 1 atom stereocenters. The van der Waals surface area contributed by atoms with E-state index >= 15 is 0 Å². The number of amides is 2. The van der Waals surface area contributed by atoms with Gasteiger partial charge >= 0.3 is 6.03 Å². The third-order valence-corrected chi connectivity index (χ3v) is 2.88. The predicted octanol–water partition coefficient (Wildman–Crippen LogP) is 0.880. The lowest BCUT2D eigenvalue weighted by Crippen LogP contribution is -2.39. The minimum absolute atomic E-state index is 0.0649.